The number of anilines is 1. The Balaban J connectivity index is 2.00. The smallest absolute Gasteiger partial charge is 0.241 e. The number of carbonyl (C=O) groups is 1. The largest absolute Gasteiger partial charge is 0.495 e. The van der Waals surface area contributed by atoms with E-state index in [1.165, 1.54) is 0 Å². The Bertz CT molecular complexity index is 434. The molecule has 104 valence electrons. The Morgan fingerprint density at radius 1 is 1.47 bits per heavy atom. The molecule has 2 atom stereocenters. The van der Waals surface area contributed by atoms with E-state index in [0.717, 1.165) is 31.5 Å². The van der Waals surface area contributed by atoms with Gasteiger partial charge in [-0.1, -0.05) is 25.5 Å². The van der Waals surface area contributed by atoms with Gasteiger partial charge in [-0.2, -0.15) is 0 Å². The first-order valence-corrected chi connectivity index (χ1v) is 6.91. The van der Waals surface area contributed by atoms with Gasteiger partial charge in [0.2, 0.25) is 5.91 Å². The summed E-state index contributed by atoms with van der Waals surface area (Å²) in [4.78, 5) is 12.3. The minimum absolute atomic E-state index is 0.0302. The van der Waals surface area contributed by atoms with Crippen LogP contribution in [0.5, 0.6) is 5.75 Å². The highest BCUT2D eigenvalue weighted by atomic mass is 16.5. The number of carbonyl (C=O) groups excluding carboxylic acids is 1. The van der Waals surface area contributed by atoms with Crippen LogP contribution < -0.4 is 15.4 Å². The first-order valence-electron chi connectivity index (χ1n) is 6.91. The Morgan fingerprint density at radius 2 is 2.26 bits per heavy atom. The number of hydrogen-bond donors (Lipinski definition) is 2. The molecule has 1 aliphatic rings. The molecule has 0 spiro atoms. The number of nitrogens with one attached hydrogen (secondary N) is 2. The summed E-state index contributed by atoms with van der Waals surface area (Å²) in [5.41, 5.74) is 0.732. The van der Waals surface area contributed by atoms with Crippen LogP contribution in [0.1, 0.15) is 26.2 Å². The van der Waals surface area contributed by atoms with Crippen molar-refractivity contribution in [3.8, 4) is 5.75 Å². The number of benzene rings is 1. The molecule has 1 aromatic rings. The molecule has 19 heavy (non-hydrogen) atoms. The second kappa shape index (κ2) is 6.57. The molecule has 1 saturated heterocycles. The van der Waals surface area contributed by atoms with E-state index in [1.54, 1.807) is 7.11 Å². The molecular weight excluding hydrogens is 240 g/mol. The van der Waals surface area contributed by atoms with Gasteiger partial charge < -0.3 is 15.4 Å². The van der Waals surface area contributed by atoms with Crippen LogP contribution in [0, 0.1) is 5.92 Å². The van der Waals surface area contributed by atoms with Crippen LogP contribution in [-0.4, -0.2) is 25.6 Å². The SMILES string of the molecule is CCC1CCNC(C(=O)Nc2ccccc2OC)C1. The Kier molecular flexibility index (Phi) is 4.80. The van der Waals surface area contributed by atoms with Crippen LogP contribution in [0.15, 0.2) is 24.3 Å². The zero-order valence-corrected chi connectivity index (χ0v) is 11.6. The van der Waals surface area contributed by atoms with Crippen LogP contribution >= 0.6 is 0 Å². The maximum atomic E-state index is 12.3. The fourth-order valence-corrected chi connectivity index (χ4v) is 2.53. The molecule has 1 amide bonds. The van der Waals surface area contributed by atoms with Gasteiger partial charge in [-0.05, 0) is 37.4 Å². The molecular formula is C15H22N2O2. The Labute approximate surface area is 114 Å². The average Bonchev–Trinajstić information content (AvgIpc) is 2.47. The van der Waals surface area contributed by atoms with Gasteiger partial charge in [-0.15, -0.1) is 0 Å². The van der Waals surface area contributed by atoms with Gasteiger partial charge in [-0.3, -0.25) is 4.79 Å². The van der Waals surface area contributed by atoms with E-state index in [2.05, 4.69) is 17.6 Å². The maximum absolute atomic E-state index is 12.3. The zero-order chi connectivity index (χ0) is 13.7. The van der Waals surface area contributed by atoms with Gasteiger partial charge in [0.25, 0.3) is 0 Å². The summed E-state index contributed by atoms with van der Waals surface area (Å²) in [6, 6.07) is 7.39. The molecule has 0 bridgehead atoms. The van der Waals surface area contributed by atoms with E-state index < -0.39 is 0 Å². The molecule has 4 nitrogen and oxygen atoms in total. The predicted molar refractivity (Wildman–Crippen MR) is 76.4 cm³/mol. The molecule has 2 unspecified atom stereocenters. The van der Waals surface area contributed by atoms with Gasteiger partial charge in [0.1, 0.15) is 5.75 Å². The molecule has 2 rings (SSSR count). The van der Waals surface area contributed by atoms with Crippen molar-refractivity contribution in [2.24, 2.45) is 5.92 Å². The molecule has 0 aliphatic carbocycles. The lowest BCUT2D eigenvalue weighted by molar-refractivity contribution is -0.119. The van der Waals surface area contributed by atoms with Gasteiger partial charge in [-0.25, -0.2) is 0 Å². The van der Waals surface area contributed by atoms with Crippen LogP contribution in [0.3, 0.4) is 0 Å². The minimum atomic E-state index is -0.0939. The van der Waals surface area contributed by atoms with Gasteiger partial charge in [0.05, 0.1) is 18.8 Å². The summed E-state index contributed by atoms with van der Waals surface area (Å²) in [7, 11) is 1.61. The van der Waals surface area contributed by atoms with Gasteiger partial charge in [0.15, 0.2) is 0 Å². The van der Waals surface area contributed by atoms with Crippen molar-refractivity contribution in [1.29, 1.82) is 0 Å². The predicted octanol–water partition coefficient (Wildman–Crippen LogP) is 2.41. The van der Waals surface area contributed by atoms with E-state index in [0.29, 0.717) is 11.7 Å². The zero-order valence-electron chi connectivity index (χ0n) is 11.6. The van der Waals surface area contributed by atoms with Crippen molar-refractivity contribution in [3.05, 3.63) is 24.3 Å². The highest BCUT2D eigenvalue weighted by Crippen LogP contribution is 2.25. The molecule has 4 heteroatoms. The highest BCUT2D eigenvalue weighted by molar-refractivity contribution is 5.96. The number of para-hydroxylation sites is 2. The number of methoxy groups -OCH3 is 1. The maximum Gasteiger partial charge on any atom is 0.241 e. The number of amides is 1. The normalized spacial score (nSPS) is 22.8. The first-order chi connectivity index (χ1) is 9.24. The van der Waals surface area contributed by atoms with Crippen molar-refractivity contribution < 1.29 is 9.53 Å². The van der Waals surface area contributed by atoms with Crippen molar-refractivity contribution in [2.75, 3.05) is 19.0 Å². The molecule has 1 aromatic carbocycles. The van der Waals surface area contributed by atoms with E-state index in [-0.39, 0.29) is 11.9 Å². The van der Waals surface area contributed by atoms with Crippen molar-refractivity contribution >= 4 is 11.6 Å². The van der Waals surface area contributed by atoms with Gasteiger partial charge >= 0.3 is 0 Å². The number of ether oxygens (including phenoxy) is 1. The third-order valence-electron chi connectivity index (χ3n) is 3.77. The minimum Gasteiger partial charge on any atom is -0.495 e. The third kappa shape index (κ3) is 3.47. The van der Waals surface area contributed by atoms with Crippen molar-refractivity contribution in [1.82, 2.24) is 5.32 Å². The van der Waals surface area contributed by atoms with Crippen molar-refractivity contribution in [3.63, 3.8) is 0 Å². The first kappa shape index (κ1) is 13.9. The second-order valence-electron chi connectivity index (χ2n) is 4.99. The number of hydrogen-bond acceptors (Lipinski definition) is 3. The Hall–Kier alpha value is -1.55. The van der Waals surface area contributed by atoms with Crippen LogP contribution in [0.2, 0.25) is 0 Å². The van der Waals surface area contributed by atoms with Crippen LogP contribution in [-0.2, 0) is 4.79 Å². The number of piperidine rings is 1. The highest BCUT2D eigenvalue weighted by Gasteiger charge is 2.26. The molecule has 1 fully saturated rings. The van der Waals surface area contributed by atoms with Crippen LogP contribution in [0.4, 0.5) is 5.69 Å². The standard InChI is InChI=1S/C15H22N2O2/c1-3-11-8-9-16-13(10-11)15(18)17-12-6-4-5-7-14(12)19-2/h4-7,11,13,16H,3,8-10H2,1-2H3,(H,17,18). The fourth-order valence-electron chi connectivity index (χ4n) is 2.53. The molecule has 0 radical (unpaired) electrons. The lowest BCUT2D eigenvalue weighted by Gasteiger charge is -2.29. The lowest BCUT2D eigenvalue weighted by atomic mass is 9.90. The molecule has 1 heterocycles. The summed E-state index contributed by atoms with van der Waals surface area (Å²) in [6.45, 7) is 3.10. The van der Waals surface area contributed by atoms with Crippen LogP contribution in [0.25, 0.3) is 0 Å². The molecule has 0 saturated carbocycles. The second-order valence-corrected chi connectivity index (χ2v) is 4.99. The summed E-state index contributed by atoms with van der Waals surface area (Å²) >= 11 is 0. The van der Waals surface area contributed by atoms with Crippen molar-refractivity contribution in [2.45, 2.75) is 32.2 Å². The molecule has 0 aromatic heterocycles. The topological polar surface area (TPSA) is 50.4 Å². The summed E-state index contributed by atoms with van der Waals surface area (Å²) < 4.78 is 5.24. The van der Waals surface area contributed by atoms with E-state index in [1.807, 2.05) is 24.3 Å². The number of rotatable bonds is 4. The van der Waals surface area contributed by atoms with Gasteiger partial charge in [0, 0.05) is 0 Å². The third-order valence-corrected chi connectivity index (χ3v) is 3.77. The quantitative estimate of drug-likeness (QED) is 0.876. The lowest BCUT2D eigenvalue weighted by Crippen LogP contribution is -2.46. The summed E-state index contributed by atoms with van der Waals surface area (Å²) in [5, 5.41) is 6.24. The van der Waals surface area contributed by atoms with E-state index in [4.69, 9.17) is 4.74 Å². The summed E-state index contributed by atoms with van der Waals surface area (Å²) in [6.07, 6.45) is 3.21. The monoisotopic (exact) mass is 262 g/mol. The van der Waals surface area contributed by atoms with E-state index >= 15 is 0 Å². The molecule has 1 aliphatic heterocycles. The molecule has 2 N–H and O–H groups in total. The Morgan fingerprint density at radius 3 is 3.00 bits per heavy atom. The summed E-state index contributed by atoms with van der Waals surface area (Å²) in [5.74, 6) is 1.37. The van der Waals surface area contributed by atoms with E-state index in [9.17, 15) is 4.79 Å². The average molecular weight is 262 g/mol. The fraction of sp³-hybridized carbons (Fsp3) is 0.533.